The van der Waals surface area contributed by atoms with E-state index >= 15 is 0 Å². The van der Waals surface area contributed by atoms with Gasteiger partial charge in [0.05, 0.1) is 8.07 Å². The maximum absolute atomic E-state index is 13.5. The molecule has 1 aliphatic rings. The third kappa shape index (κ3) is 6.20. The fourth-order valence-corrected chi connectivity index (χ4v) is 6.78. The minimum absolute atomic E-state index is 0. The monoisotopic (exact) mass is 348 g/mol. The number of carbonyl (C=O) groups is 1. The van der Waals surface area contributed by atoms with E-state index in [0.29, 0.717) is 18.8 Å². The fourth-order valence-electron chi connectivity index (χ4n) is 4.14. The fraction of sp³-hybridized carbons (Fsp3) is 0.947. The second-order valence-electron chi connectivity index (χ2n) is 9.44. The van der Waals surface area contributed by atoms with Gasteiger partial charge in [0.2, 0.25) is 0 Å². The second kappa shape index (κ2) is 9.26. The zero-order valence-electron chi connectivity index (χ0n) is 17.4. The number of hydrogen-bond acceptors (Lipinski definition) is 3. The van der Waals surface area contributed by atoms with E-state index in [1.54, 1.807) is 0 Å². The molecule has 0 aromatic carbocycles. The van der Waals surface area contributed by atoms with Crippen molar-refractivity contribution in [2.45, 2.75) is 97.2 Å². The van der Waals surface area contributed by atoms with Gasteiger partial charge in [-0.2, -0.15) is 0 Å². The Morgan fingerprint density at radius 3 is 1.83 bits per heavy atom. The number of esters is 1. The average Bonchev–Trinajstić information content (AvgIpc) is 2.37. The molecule has 1 rings (SSSR count). The first-order valence-corrected chi connectivity index (χ1v) is 12.9. The van der Waals surface area contributed by atoms with Crippen LogP contribution in [-0.2, 0) is 9.53 Å². The standard InChI is InChI=1S/C19H37O3Si.Li/c1-13(2)16(14(3)4)22-18(20)17(23(6,7)8)19(21)11-9-15(5)10-12-19;/h13-17H,9-12H2,1-8H3;/q-1;+1/t15?,17-,19?;/m0./s1. The summed E-state index contributed by atoms with van der Waals surface area (Å²) >= 11 is 0. The molecule has 1 atom stereocenters. The predicted molar refractivity (Wildman–Crippen MR) is 97.0 cm³/mol. The minimum Gasteiger partial charge on any atom is -0.849 e. The van der Waals surface area contributed by atoms with Crippen LogP contribution in [0.4, 0.5) is 0 Å². The van der Waals surface area contributed by atoms with Crippen LogP contribution in [0.5, 0.6) is 0 Å². The molecule has 0 unspecified atom stereocenters. The average molecular weight is 349 g/mol. The van der Waals surface area contributed by atoms with Gasteiger partial charge in [0.1, 0.15) is 6.10 Å². The van der Waals surface area contributed by atoms with Crippen molar-refractivity contribution in [3.8, 4) is 0 Å². The van der Waals surface area contributed by atoms with E-state index in [0.717, 1.165) is 12.8 Å². The molecule has 1 aliphatic carbocycles. The summed E-state index contributed by atoms with van der Waals surface area (Å²) in [5, 5.41) is 13.5. The predicted octanol–water partition coefficient (Wildman–Crippen LogP) is 1.23. The summed E-state index contributed by atoms with van der Waals surface area (Å²) < 4.78 is 5.90. The van der Waals surface area contributed by atoms with Gasteiger partial charge in [-0.25, -0.2) is 0 Å². The van der Waals surface area contributed by atoms with Crippen LogP contribution in [0, 0.1) is 17.8 Å². The van der Waals surface area contributed by atoms with Crippen LogP contribution >= 0.6 is 0 Å². The molecular weight excluding hydrogens is 311 g/mol. The molecule has 0 amide bonds. The normalized spacial score (nSPS) is 26.4. The molecule has 1 fully saturated rings. The smallest absolute Gasteiger partial charge is 0.849 e. The molecule has 0 heterocycles. The Kier molecular flexibility index (Phi) is 9.35. The van der Waals surface area contributed by atoms with Crippen molar-refractivity contribution in [3.05, 3.63) is 0 Å². The van der Waals surface area contributed by atoms with Gasteiger partial charge in [0.25, 0.3) is 0 Å². The summed E-state index contributed by atoms with van der Waals surface area (Å²) in [5.74, 6) is 0.931. The van der Waals surface area contributed by atoms with Gasteiger partial charge in [-0.3, -0.25) is 4.79 Å². The van der Waals surface area contributed by atoms with Crippen molar-refractivity contribution in [2.24, 2.45) is 17.8 Å². The SMILES string of the molecule is CC1CCC([O-])([C@H](C(=O)OC(C(C)C)C(C)C)[Si](C)(C)C)CC1.[Li+]. The first kappa shape index (κ1) is 24.2. The third-order valence-electron chi connectivity index (χ3n) is 5.31. The van der Waals surface area contributed by atoms with Crippen molar-refractivity contribution in [3.63, 3.8) is 0 Å². The van der Waals surface area contributed by atoms with E-state index in [9.17, 15) is 9.90 Å². The number of carbonyl (C=O) groups excluding carboxylic acids is 1. The molecule has 0 aromatic rings. The van der Waals surface area contributed by atoms with E-state index in [2.05, 4.69) is 54.3 Å². The molecule has 0 N–H and O–H groups in total. The maximum Gasteiger partial charge on any atom is 1.00 e. The molecule has 0 saturated heterocycles. The van der Waals surface area contributed by atoms with Crippen molar-refractivity contribution >= 4 is 14.0 Å². The molecule has 3 nitrogen and oxygen atoms in total. The van der Waals surface area contributed by atoms with Crippen LogP contribution < -0.4 is 24.0 Å². The van der Waals surface area contributed by atoms with E-state index in [1.807, 2.05) is 0 Å². The first-order valence-electron chi connectivity index (χ1n) is 9.29. The Hall–Kier alpha value is 0.244. The Morgan fingerprint density at radius 2 is 1.50 bits per heavy atom. The van der Waals surface area contributed by atoms with Crippen LogP contribution in [0.3, 0.4) is 0 Å². The Labute approximate surface area is 162 Å². The molecule has 0 aromatic heterocycles. The number of ether oxygens (including phenoxy) is 1. The van der Waals surface area contributed by atoms with Gasteiger partial charge in [-0.05, 0) is 17.8 Å². The van der Waals surface area contributed by atoms with E-state index < -0.39 is 19.2 Å². The van der Waals surface area contributed by atoms with Crippen molar-refractivity contribution < 1.29 is 33.5 Å². The van der Waals surface area contributed by atoms with Crippen LogP contribution in [0.1, 0.15) is 60.3 Å². The molecule has 0 radical (unpaired) electrons. The van der Waals surface area contributed by atoms with Crippen molar-refractivity contribution in [1.29, 1.82) is 0 Å². The third-order valence-corrected chi connectivity index (χ3v) is 7.81. The summed E-state index contributed by atoms with van der Waals surface area (Å²) in [6.45, 7) is 16.9. The molecule has 0 spiro atoms. The van der Waals surface area contributed by atoms with Gasteiger partial charge >= 0.3 is 24.8 Å². The molecular formula is C19H37LiO3Si. The molecule has 1 saturated carbocycles. The van der Waals surface area contributed by atoms with Crippen LogP contribution in [0.15, 0.2) is 0 Å². The number of hydrogen-bond donors (Lipinski definition) is 0. The van der Waals surface area contributed by atoms with Gasteiger partial charge in [-0.15, -0.1) is 5.60 Å². The van der Waals surface area contributed by atoms with Gasteiger partial charge < -0.3 is 9.84 Å². The maximum atomic E-state index is 13.5. The molecule has 0 aliphatic heterocycles. The summed E-state index contributed by atoms with van der Waals surface area (Å²) in [6.07, 6.45) is 3.01. The summed E-state index contributed by atoms with van der Waals surface area (Å²) in [6, 6.07) is 0. The largest absolute Gasteiger partial charge is 1.00 e. The van der Waals surface area contributed by atoms with Gasteiger partial charge in [-0.1, -0.05) is 79.9 Å². The Morgan fingerprint density at radius 1 is 1.08 bits per heavy atom. The Balaban J connectivity index is 0.00000529. The van der Waals surface area contributed by atoms with Crippen LogP contribution in [-0.4, -0.2) is 25.7 Å². The van der Waals surface area contributed by atoms with Gasteiger partial charge in [0, 0.05) is 5.54 Å². The zero-order valence-corrected chi connectivity index (χ0v) is 18.4. The molecule has 24 heavy (non-hydrogen) atoms. The quantitative estimate of drug-likeness (QED) is 0.536. The molecule has 136 valence electrons. The number of rotatable bonds is 6. The van der Waals surface area contributed by atoms with Gasteiger partial charge in [0.15, 0.2) is 0 Å². The van der Waals surface area contributed by atoms with Crippen molar-refractivity contribution in [2.75, 3.05) is 0 Å². The summed E-state index contributed by atoms with van der Waals surface area (Å²) in [7, 11) is -1.95. The van der Waals surface area contributed by atoms with Crippen molar-refractivity contribution in [1.82, 2.24) is 0 Å². The summed E-state index contributed by atoms with van der Waals surface area (Å²) in [4.78, 5) is 13.0. The van der Waals surface area contributed by atoms with Crippen LogP contribution in [0.2, 0.25) is 25.2 Å². The zero-order chi connectivity index (χ0) is 18.0. The first-order chi connectivity index (χ1) is 10.4. The van der Waals surface area contributed by atoms with Crippen LogP contribution in [0.25, 0.3) is 0 Å². The Bertz CT molecular complexity index is 388. The van der Waals surface area contributed by atoms with E-state index in [4.69, 9.17) is 4.74 Å². The van der Waals surface area contributed by atoms with E-state index in [-0.39, 0.29) is 42.8 Å². The molecule has 0 bridgehead atoms. The van der Waals surface area contributed by atoms with E-state index in [1.165, 1.54) is 0 Å². The molecule has 5 heteroatoms. The minimum atomic E-state index is -1.95. The summed E-state index contributed by atoms with van der Waals surface area (Å²) in [5.41, 5.74) is -1.56. The second-order valence-corrected chi connectivity index (χ2v) is 14.7. The topological polar surface area (TPSA) is 49.4 Å².